The van der Waals surface area contributed by atoms with Crippen molar-refractivity contribution in [3.05, 3.63) is 59.4 Å². The maximum absolute atomic E-state index is 11.2. The van der Waals surface area contributed by atoms with Crippen molar-refractivity contribution in [3.63, 3.8) is 0 Å². The third-order valence-corrected chi connectivity index (χ3v) is 3.59. The van der Waals surface area contributed by atoms with Gasteiger partial charge in [-0.05, 0) is 23.6 Å². The van der Waals surface area contributed by atoms with Gasteiger partial charge in [-0.1, -0.05) is 24.3 Å². The zero-order valence-electron chi connectivity index (χ0n) is 10.7. The summed E-state index contributed by atoms with van der Waals surface area (Å²) < 4.78 is 0. The van der Waals surface area contributed by atoms with E-state index in [1.54, 1.807) is 0 Å². The van der Waals surface area contributed by atoms with E-state index in [2.05, 4.69) is 10.3 Å². The molecule has 1 aliphatic rings. The highest BCUT2D eigenvalue weighted by Gasteiger charge is 2.31. The van der Waals surface area contributed by atoms with E-state index in [0.717, 1.165) is 11.1 Å². The van der Waals surface area contributed by atoms with E-state index in [0.29, 0.717) is 12.1 Å². The number of aromatic nitrogens is 1. The van der Waals surface area contributed by atoms with Crippen LogP contribution in [-0.4, -0.2) is 27.2 Å². The molecule has 2 aromatic rings. The quantitative estimate of drug-likeness (QED) is 0.793. The van der Waals surface area contributed by atoms with Gasteiger partial charge >= 0.3 is 5.97 Å². The second-order valence-corrected chi connectivity index (χ2v) is 4.83. The summed E-state index contributed by atoms with van der Waals surface area (Å²) in [5.74, 6) is -1.01. The Hall–Kier alpha value is -2.40. The fraction of sp³-hybridized carbons (Fsp3) is 0.200. The van der Waals surface area contributed by atoms with Crippen LogP contribution in [0.5, 0.6) is 0 Å². The standard InChI is InChI=1S/C15H14N2O3/c18-14-10-4-2-1-3-9(10)7-12(14)17-13-8-16-6-5-11(13)15(19)20/h1-6,8,12,14,17-18H,7H2,(H,19,20)/t12-,14-/m0/s1. The van der Waals surface area contributed by atoms with Crippen molar-refractivity contribution in [1.29, 1.82) is 0 Å². The molecule has 5 heteroatoms. The number of fused-ring (bicyclic) bond motifs is 1. The second kappa shape index (κ2) is 4.94. The summed E-state index contributed by atoms with van der Waals surface area (Å²) in [5, 5.41) is 22.5. The molecule has 1 heterocycles. The van der Waals surface area contributed by atoms with Gasteiger partial charge < -0.3 is 15.5 Å². The number of carboxylic acid groups (broad SMARTS) is 1. The van der Waals surface area contributed by atoms with Crippen LogP contribution in [0.15, 0.2) is 42.7 Å². The maximum Gasteiger partial charge on any atom is 0.337 e. The summed E-state index contributed by atoms with van der Waals surface area (Å²) in [4.78, 5) is 15.1. The molecule has 0 aliphatic heterocycles. The Morgan fingerprint density at radius 3 is 2.85 bits per heavy atom. The van der Waals surface area contributed by atoms with Crippen LogP contribution >= 0.6 is 0 Å². The molecule has 0 unspecified atom stereocenters. The van der Waals surface area contributed by atoms with Crippen LogP contribution in [0.1, 0.15) is 27.6 Å². The Bertz CT molecular complexity index is 657. The molecule has 0 saturated heterocycles. The number of carbonyl (C=O) groups is 1. The summed E-state index contributed by atoms with van der Waals surface area (Å²) in [5.41, 5.74) is 2.56. The van der Waals surface area contributed by atoms with Crippen LogP contribution in [0.4, 0.5) is 5.69 Å². The molecule has 0 bridgehead atoms. The number of hydrogen-bond donors (Lipinski definition) is 3. The largest absolute Gasteiger partial charge is 0.478 e. The second-order valence-electron chi connectivity index (χ2n) is 4.83. The molecule has 2 atom stereocenters. The number of rotatable bonds is 3. The smallest absolute Gasteiger partial charge is 0.337 e. The predicted molar refractivity (Wildman–Crippen MR) is 73.7 cm³/mol. The Morgan fingerprint density at radius 2 is 2.10 bits per heavy atom. The highest BCUT2D eigenvalue weighted by molar-refractivity contribution is 5.93. The van der Waals surface area contributed by atoms with E-state index in [4.69, 9.17) is 5.11 Å². The Labute approximate surface area is 115 Å². The first-order valence-electron chi connectivity index (χ1n) is 6.36. The van der Waals surface area contributed by atoms with Crippen molar-refractivity contribution in [2.45, 2.75) is 18.6 Å². The summed E-state index contributed by atoms with van der Waals surface area (Å²) in [6.07, 6.45) is 2.92. The van der Waals surface area contributed by atoms with Gasteiger partial charge in [0.05, 0.1) is 29.6 Å². The Morgan fingerprint density at radius 1 is 1.30 bits per heavy atom. The first-order chi connectivity index (χ1) is 9.66. The zero-order chi connectivity index (χ0) is 14.1. The van der Waals surface area contributed by atoms with Crippen molar-refractivity contribution in [3.8, 4) is 0 Å². The third-order valence-electron chi connectivity index (χ3n) is 3.59. The van der Waals surface area contributed by atoms with Gasteiger partial charge in [-0.2, -0.15) is 0 Å². The van der Waals surface area contributed by atoms with Crippen molar-refractivity contribution >= 4 is 11.7 Å². The van der Waals surface area contributed by atoms with Crippen molar-refractivity contribution < 1.29 is 15.0 Å². The van der Waals surface area contributed by atoms with Gasteiger partial charge in [-0.15, -0.1) is 0 Å². The fourth-order valence-electron chi connectivity index (χ4n) is 2.60. The van der Waals surface area contributed by atoms with E-state index in [-0.39, 0.29) is 11.6 Å². The summed E-state index contributed by atoms with van der Waals surface area (Å²) in [6, 6.07) is 8.89. The monoisotopic (exact) mass is 270 g/mol. The lowest BCUT2D eigenvalue weighted by molar-refractivity contribution is 0.0697. The van der Waals surface area contributed by atoms with E-state index in [1.807, 2.05) is 24.3 Å². The molecule has 3 rings (SSSR count). The number of pyridine rings is 1. The molecule has 0 spiro atoms. The molecule has 0 fully saturated rings. The van der Waals surface area contributed by atoms with Crippen molar-refractivity contribution in [1.82, 2.24) is 4.98 Å². The summed E-state index contributed by atoms with van der Waals surface area (Å²) in [6.45, 7) is 0. The number of aliphatic hydroxyl groups is 1. The van der Waals surface area contributed by atoms with Crippen LogP contribution in [0.3, 0.4) is 0 Å². The van der Waals surface area contributed by atoms with E-state index in [9.17, 15) is 9.90 Å². The molecule has 20 heavy (non-hydrogen) atoms. The molecule has 3 N–H and O–H groups in total. The van der Waals surface area contributed by atoms with Gasteiger partial charge in [0, 0.05) is 6.20 Å². The van der Waals surface area contributed by atoms with Crippen LogP contribution < -0.4 is 5.32 Å². The maximum atomic E-state index is 11.2. The molecule has 102 valence electrons. The summed E-state index contributed by atoms with van der Waals surface area (Å²) in [7, 11) is 0. The van der Waals surface area contributed by atoms with Crippen molar-refractivity contribution in [2.24, 2.45) is 0 Å². The Kier molecular flexibility index (Phi) is 3.12. The van der Waals surface area contributed by atoms with Gasteiger partial charge in [-0.25, -0.2) is 4.79 Å². The normalized spacial score (nSPS) is 20.4. The molecule has 0 saturated carbocycles. The van der Waals surface area contributed by atoms with Crippen molar-refractivity contribution in [2.75, 3.05) is 5.32 Å². The van der Waals surface area contributed by atoms with Gasteiger partial charge in [-0.3, -0.25) is 4.98 Å². The number of nitrogens with zero attached hydrogens (tertiary/aromatic N) is 1. The molecule has 1 aliphatic carbocycles. The predicted octanol–water partition coefficient (Wildman–Crippen LogP) is 1.85. The first kappa shape index (κ1) is 12.6. The molecule has 1 aromatic carbocycles. The molecular formula is C15H14N2O3. The fourth-order valence-corrected chi connectivity index (χ4v) is 2.60. The molecule has 0 radical (unpaired) electrons. The average molecular weight is 270 g/mol. The SMILES string of the molecule is O=C(O)c1ccncc1N[C@H]1Cc2ccccc2[C@@H]1O. The number of nitrogens with one attached hydrogen (secondary N) is 1. The van der Waals surface area contributed by atoms with Gasteiger partial charge in [0.15, 0.2) is 0 Å². The average Bonchev–Trinajstić information content (AvgIpc) is 2.76. The van der Waals surface area contributed by atoms with Gasteiger partial charge in [0.2, 0.25) is 0 Å². The number of anilines is 1. The van der Waals surface area contributed by atoms with Crippen LogP contribution in [0.2, 0.25) is 0 Å². The van der Waals surface area contributed by atoms with E-state index >= 15 is 0 Å². The minimum absolute atomic E-state index is 0.156. The minimum atomic E-state index is -1.01. The number of benzene rings is 1. The highest BCUT2D eigenvalue weighted by Crippen LogP contribution is 2.33. The lowest BCUT2D eigenvalue weighted by Gasteiger charge is -2.19. The molecule has 0 amide bonds. The molecular weight excluding hydrogens is 256 g/mol. The molecule has 1 aromatic heterocycles. The van der Waals surface area contributed by atoms with Crippen LogP contribution in [0.25, 0.3) is 0 Å². The number of aromatic carboxylic acids is 1. The third kappa shape index (κ3) is 2.12. The number of aliphatic hydroxyl groups excluding tert-OH is 1. The number of hydrogen-bond acceptors (Lipinski definition) is 4. The lowest BCUT2D eigenvalue weighted by Crippen LogP contribution is -2.25. The van der Waals surface area contributed by atoms with Gasteiger partial charge in [0.1, 0.15) is 0 Å². The zero-order valence-corrected chi connectivity index (χ0v) is 10.7. The highest BCUT2D eigenvalue weighted by atomic mass is 16.4. The lowest BCUT2D eigenvalue weighted by atomic mass is 10.1. The van der Waals surface area contributed by atoms with Crippen LogP contribution in [-0.2, 0) is 6.42 Å². The van der Waals surface area contributed by atoms with E-state index < -0.39 is 12.1 Å². The first-order valence-corrected chi connectivity index (χ1v) is 6.36. The van der Waals surface area contributed by atoms with E-state index in [1.165, 1.54) is 18.5 Å². The summed E-state index contributed by atoms with van der Waals surface area (Å²) >= 11 is 0. The Balaban J connectivity index is 1.86. The number of carboxylic acids is 1. The van der Waals surface area contributed by atoms with Gasteiger partial charge in [0.25, 0.3) is 0 Å². The molecule has 5 nitrogen and oxygen atoms in total. The minimum Gasteiger partial charge on any atom is -0.478 e. The topological polar surface area (TPSA) is 82.5 Å². The van der Waals surface area contributed by atoms with Crippen LogP contribution in [0, 0.1) is 0 Å².